The summed E-state index contributed by atoms with van der Waals surface area (Å²) in [6, 6.07) is 9.67. The van der Waals surface area contributed by atoms with Gasteiger partial charge in [0.05, 0.1) is 6.21 Å². The minimum atomic E-state index is -0.194. The van der Waals surface area contributed by atoms with Crippen LogP contribution in [0.25, 0.3) is 0 Å². The van der Waals surface area contributed by atoms with Crippen molar-refractivity contribution in [3.05, 3.63) is 57.3 Å². The molecule has 0 atom stereocenters. The first-order chi connectivity index (χ1) is 9.88. The van der Waals surface area contributed by atoms with Gasteiger partial charge in [0.25, 0.3) is 5.91 Å². The first-order valence-electron chi connectivity index (χ1n) is 6.86. The van der Waals surface area contributed by atoms with Crippen molar-refractivity contribution >= 4 is 23.5 Å². The van der Waals surface area contributed by atoms with E-state index in [1.165, 1.54) is 5.56 Å². The summed E-state index contributed by atoms with van der Waals surface area (Å²) in [7, 11) is 0. The van der Waals surface area contributed by atoms with Gasteiger partial charge < -0.3 is 0 Å². The summed E-state index contributed by atoms with van der Waals surface area (Å²) in [5.74, 6) is -0.194. The third-order valence-electron chi connectivity index (χ3n) is 3.26. The van der Waals surface area contributed by atoms with Crippen LogP contribution in [0, 0.1) is 6.92 Å². The molecule has 0 radical (unpaired) electrons. The van der Waals surface area contributed by atoms with Crippen molar-refractivity contribution in [1.82, 2.24) is 5.43 Å². The van der Waals surface area contributed by atoms with E-state index >= 15 is 0 Å². The number of hydrogen-bond acceptors (Lipinski definition) is 3. The highest BCUT2D eigenvalue weighted by molar-refractivity contribution is 7.11. The van der Waals surface area contributed by atoms with Gasteiger partial charge in [-0.15, -0.1) is 11.3 Å². The molecule has 1 heterocycles. The molecule has 2 aromatic rings. The molecule has 0 saturated heterocycles. The van der Waals surface area contributed by atoms with E-state index < -0.39 is 0 Å². The van der Waals surface area contributed by atoms with Crippen LogP contribution >= 0.6 is 11.3 Å². The molecule has 3 nitrogen and oxygen atoms in total. The fourth-order valence-electron chi connectivity index (χ4n) is 1.85. The number of thiophene rings is 1. The second-order valence-corrected chi connectivity index (χ2v) is 6.94. The summed E-state index contributed by atoms with van der Waals surface area (Å²) in [5, 5.41) is 6.01. The van der Waals surface area contributed by atoms with Gasteiger partial charge in [-0.25, -0.2) is 5.43 Å². The predicted molar refractivity (Wildman–Crippen MR) is 89.3 cm³/mol. The van der Waals surface area contributed by atoms with Gasteiger partial charge in [-0.2, -0.15) is 5.10 Å². The third kappa shape index (κ3) is 4.02. The van der Waals surface area contributed by atoms with Crippen LogP contribution in [0.3, 0.4) is 0 Å². The number of carbonyl (C=O) groups is 1. The smallest absolute Gasteiger partial charge is 0.267 e. The van der Waals surface area contributed by atoms with Crippen molar-refractivity contribution < 1.29 is 4.79 Å². The van der Waals surface area contributed by atoms with Crippen molar-refractivity contribution in [1.29, 1.82) is 0 Å². The number of carbonyl (C=O) groups excluding carboxylic acids is 1. The van der Waals surface area contributed by atoms with Crippen molar-refractivity contribution in [2.24, 2.45) is 5.10 Å². The van der Waals surface area contributed by atoms with Gasteiger partial charge in [-0.05, 0) is 47.0 Å². The van der Waals surface area contributed by atoms with Gasteiger partial charge in [0.1, 0.15) is 0 Å². The minimum absolute atomic E-state index is 0.0872. The Bertz CT molecular complexity index is 648. The SMILES string of the molecule is Cc1ccsc1/C=N\NC(=O)c1ccc(C(C)(C)C)cc1. The summed E-state index contributed by atoms with van der Waals surface area (Å²) < 4.78 is 0. The molecule has 0 aliphatic rings. The zero-order valence-corrected chi connectivity index (χ0v) is 13.6. The lowest BCUT2D eigenvalue weighted by Crippen LogP contribution is -2.18. The number of rotatable bonds is 3. The first kappa shape index (κ1) is 15.4. The van der Waals surface area contributed by atoms with Crippen LogP contribution < -0.4 is 5.43 Å². The Morgan fingerprint density at radius 1 is 1.19 bits per heavy atom. The molecule has 0 bridgehead atoms. The molecule has 21 heavy (non-hydrogen) atoms. The molecule has 1 N–H and O–H groups in total. The summed E-state index contributed by atoms with van der Waals surface area (Å²) in [6.45, 7) is 8.46. The van der Waals surface area contributed by atoms with Crippen LogP contribution in [0.2, 0.25) is 0 Å². The van der Waals surface area contributed by atoms with E-state index in [1.807, 2.05) is 42.6 Å². The third-order valence-corrected chi connectivity index (χ3v) is 4.22. The largest absolute Gasteiger partial charge is 0.271 e. The van der Waals surface area contributed by atoms with Crippen molar-refractivity contribution in [2.45, 2.75) is 33.1 Å². The Morgan fingerprint density at radius 2 is 1.86 bits per heavy atom. The maximum atomic E-state index is 12.0. The lowest BCUT2D eigenvalue weighted by molar-refractivity contribution is 0.0955. The van der Waals surface area contributed by atoms with E-state index in [9.17, 15) is 4.79 Å². The van der Waals surface area contributed by atoms with Crippen LogP contribution in [-0.2, 0) is 5.41 Å². The second-order valence-electron chi connectivity index (χ2n) is 5.99. The fraction of sp³-hybridized carbons (Fsp3) is 0.294. The Labute approximate surface area is 129 Å². The molecule has 0 unspecified atom stereocenters. The molecule has 1 aromatic carbocycles. The van der Waals surface area contributed by atoms with E-state index in [2.05, 4.69) is 31.3 Å². The molecule has 0 aliphatic heterocycles. The molecule has 0 saturated carbocycles. The van der Waals surface area contributed by atoms with E-state index in [4.69, 9.17) is 0 Å². The molecule has 110 valence electrons. The molecule has 2 rings (SSSR count). The number of nitrogens with one attached hydrogen (secondary N) is 1. The Balaban J connectivity index is 2.01. The molecule has 1 aromatic heterocycles. The summed E-state index contributed by atoms with van der Waals surface area (Å²) >= 11 is 1.60. The van der Waals surface area contributed by atoms with Gasteiger partial charge >= 0.3 is 0 Å². The van der Waals surface area contributed by atoms with Crippen LogP contribution in [0.15, 0.2) is 40.8 Å². The number of amides is 1. The molecule has 0 aliphatic carbocycles. The maximum Gasteiger partial charge on any atom is 0.271 e. The van der Waals surface area contributed by atoms with Crippen LogP contribution in [-0.4, -0.2) is 12.1 Å². The highest BCUT2D eigenvalue weighted by atomic mass is 32.1. The molecule has 0 fully saturated rings. The summed E-state index contributed by atoms with van der Waals surface area (Å²) in [5.41, 5.74) is 5.63. The molecular formula is C17H20N2OS. The fourth-order valence-corrected chi connectivity index (χ4v) is 2.64. The molecule has 4 heteroatoms. The molecular weight excluding hydrogens is 280 g/mol. The number of nitrogens with zero attached hydrogens (tertiary/aromatic N) is 1. The van der Waals surface area contributed by atoms with Crippen LogP contribution in [0.1, 0.15) is 47.1 Å². The van der Waals surface area contributed by atoms with Gasteiger partial charge in [0.2, 0.25) is 0 Å². The highest BCUT2D eigenvalue weighted by Crippen LogP contribution is 2.22. The summed E-state index contributed by atoms with van der Waals surface area (Å²) in [6.07, 6.45) is 1.68. The average molecular weight is 300 g/mol. The van der Waals surface area contributed by atoms with Gasteiger partial charge in [-0.1, -0.05) is 32.9 Å². The van der Waals surface area contributed by atoms with Gasteiger partial charge in [0, 0.05) is 10.4 Å². The van der Waals surface area contributed by atoms with E-state index in [1.54, 1.807) is 17.6 Å². The number of benzene rings is 1. The number of hydrazone groups is 1. The van der Waals surface area contributed by atoms with Gasteiger partial charge in [-0.3, -0.25) is 4.79 Å². The quantitative estimate of drug-likeness (QED) is 0.672. The zero-order valence-electron chi connectivity index (χ0n) is 12.8. The number of aryl methyl sites for hydroxylation is 1. The van der Waals surface area contributed by atoms with E-state index in [-0.39, 0.29) is 11.3 Å². The Morgan fingerprint density at radius 3 is 2.38 bits per heavy atom. The first-order valence-corrected chi connectivity index (χ1v) is 7.74. The van der Waals surface area contributed by atoms with E-state index in [0.717, 1.165) is 10.4 Å². The van der Waals surface area contributed by atoms with Crippen LogP contribution in [0.5, 0.6) is 0 Å². The minimum Gasteiger partial charge on any atom is -0.267 e. The number of hydrogen-bond donors (Lipinski definition) is 1. The Kier molecular flexibility index (Phi) is 4.58. The second kappa shape index (κ2) is 6.22. The highest BCUT2D eigenvalue weighted by Gasteiger charge is 2.14. The monoisotopic (exact) mass is 300 g/mol. The van der Waals surface area contributed by atoms with Crippen molar-refractivity contribution in [3.8, 4) is 0 Å². The van der Waals surface area contributed by atoms with Crippen molar-refractivity contribution in [2.75, 3.05) is 0 Å². The topological polar surface area (TPSA) is 41.5 Å². The summed E-state index contributed by atoms with van der Waals surface area (Å²) in [4.78, 5) is 13.1. The van der Waals surface area contributed by atoms with Crippen molar-refractivity contribution in [3.63, 3.8) is 0 Å². The van der Waals surface area contributed by atoms with E-state index in [0.29, 0.717) is 5.56 Å². The lowest BCUT2D eigenvalue weighted by Gasteiger charge is -2.18. The normalized spacial score (nSPS) is 11.8. The zero-order chi connectivity index (χ0) is 15.5. The maximum absolute atomic E-state index is 12.0. The standard InChI is InChI=1S/C17H20N2OS/c1-12-9-10-21-15(12)11-18-19-16(20)13-5-7-14(8-6-13)17(2,3)4/h5-11H,1-4H3,(H,19,20)/b18-11-. The van der Waals surface area contributed by atoms with Crippen LogP contribution in [0.4, 0.5) is 0 Å². The lowest BCUT2D eigenvalue weighted by atomic mass is 9.87. The van der Waals surface area contributed by atoms with Gasteiger partial charge in [0.15, 0.2) is 0 Å². The molecule has 1 amide bonds. The average Bonchev–Trinajstić information content (AvgIpc) is 2.83. The molecule has 0 spiro atoms. The Hall–Kier alpha value is -1.94. The predicted octanol–water partition coefficient (Wildman–Crippen LogP) is 4.12.